The fraction of sp³-hybridized carbons (Fsp3) is 0.150. The number of ether oxygens (including phenoxy) is 4. The molecule has 1 aromatic heterocycles. The molecule has 0 unspecified atom stereocenters. The van der Waals surface area contributed by atoms with Gasteiger partial charge in [0.2, 0.25) is 19.5 Å². The summed E-state index contributed by atoms with van der Waals surface area (Å²) in [6, 6.07) is 13.4. The number of anilines is 1. The first-order valence-electron chi connectivity index (χ1n) is 8.83. The van der Waals surface area contributed by atoms with Gasteiger partial charge in [-0.15, -0.1) is 0 Å². The minimum Gasteiger partial charge on any atom is -0.454 e. The average molecular weight is 393 g/mol. The fourth-order valence-corrected chi connectivity index (χ4v) is 3.08. The Kier molecular flexibility index (Phi) is 4.05. The zero-order valence-corrected chi connectivity index (χ0v) is 15.1. The van der Waals surface area contributed by atoms with Crippen molar-refractivity contribution in [3.8, 4) is 34.3 Å². The lowest BCUT2D eigenvalue weighted by molar-refractivity contribution is -0.117. The Hall–Kier alpha value is -4.01. The largest absolute Gasteiger partial charge is 0.454 e. The van der Waals surface area contributed by atoms with Gasteiger partial charge >= 0.3 is 0 Å². The average Bonchev–Trinajstić information content (AvgIpc) is 3.37. The zero-order chi connectivity index (χ0) is 19.8. The van der Waals surface area contributed by atoms with Crippen molar-refractivity contribution in [2.75, 3.05) is 18.9 Å². The van der Waals surface area contributed by atoms with Crippen LogP contribution in [0, 0.1) is 0 Å². The summed E-state index contributed by atoms with van der Waals surface area (Å²) < 4.78 is 22.3. The van der Waals surface area contributed by atoms with E-state index in [-0.39, 0.29) is 31.6 Å². The molecule has 2 aromatic carbocycles. The van der Waals surface area contributed by atoms with Gasteiger partial charge in [-0.1, -0.05) is 0 Å². The summed E-state index contributed by atoms with van der Waals surface area (Å²) in [5.74, 6) is 2.06. The van der Waals surface area contributed by atoms with Gasteiger partial charge in [-0.25, -0.2) is 4.68 Å². The molecule has 0 atom stereocenters. The number of aromatic nitrogens is 2. The Labute approximate surface area is 164 Å². The summed E-state index contributed by atoms with van der Waals surface area (Å²) in [6.45, 7) is 0.0934. The predicted octanol–water partition coefficient (Wildman–Crippen LogP) is 2.01. The van der Waals surface area contributed by atoms with Gasteiger partial charge < -0.3 is 24.3 Å². The predicted molar refractivity (Wildman–Crippen MR) is 101 cm³/mol. The minimum absolute atomic E-state index is 0.151. The minimum atomic E-state index is -0.388. The third-order valence-electron chi connectivity index (χ3n) is 4.48. The number of rotatable bonds is 4. The van der Waals surface area contributed by atoms with Crippen molar-refractivity contribution >= 4 is 11.6 Å². The van der Waals surface area contributed by atoms with Crippen LogP contribution in [0.2, 0.25) is 0 Å². The number of benzene rings is 2. The lowest BCUT2D eigenvalue weighted by Crippen LogP contribution is -2.29. The Morgan fingerprint density at radius 3 is 2.38 bits per heavy atom. The Morgan fingerprint density at radius 2 is 1.59 bits per heavy atom. The van der Waals surface area contributed by atoms with Gasteiger partial charge in [0.25, 0.3) is 5.56 Å². The normalized spacial score (nSPS) is 13.4. The quantitative estimate of drug-likeness (QED) is 0.724. The van der Waals surface area contributed by atoms with Crippen LogP contribution >= 0.6 is 0 Å². The summed E-state index contributed by atoms with van der Waals surface area (Å²) in [5.41, 5.74) is 1.45. The highest BCUT2D eigenvalue weighted by Gasteiger charge is 2.16. The van der Waals surface area contributed by atoms with Crippen molar-refractivity contribution in [1.82, 2.24) is 9.78 Å². The van der Waals surface area contributed by atoms with Crippen LogP contribution in [0.25, 0.3) is 11.3 Å². The highest BCUT2D eigenvalue weighted by molar-refractivity contribution is 5.90. The van der Waals surface area contributed by atoms with Gasteiger partial charge in [-0.2, -0.15) is 5.10 Å². The molecule has 29 heavy (non-hydrogen) atoms. The Morgan fingerprint density at radius 1 is 0.897 bits per heavy atom. The first-order valence-corrected chi connectivity index (χ1v) is 8.83. The Balaban J connectivity index is 1.35. The first-order chi connectivity index (χ1) is 14.2. The van der Waals surface area contributed by atoms with Crippen molar-refractivity contribution < 1.29 is 23.7 Å². The molecule has 5 rings (SSSR count). The number of hydrogen-bond acceptors (Lipinski definition) is 7. The SMILES string of the molecule is O=C(Cn1nc(-c2ccc3c(c2)OCO3)ccc1=O)Nc1ccc2c(c1)OCO2. The van der Waals surface area contributed by atoms with Crippen LogP contribution in [0.3, 0.4) is 0 Å². The van der Waals surface area contributed by atoms with E-state index >= 15 is 0 Å². The van der Waals surface area contributed by atoms with E-state index in [0.29, 0.717) is 34.4 Å². The second-order valence-corrected chi connectivity index (χ2v) is 6.40. The number of nitrogens with zero attached hydrogens (tertiary/aromatic N) is 2. The second-order valence-electron chi connectivity index (χ2n) is 6.40. The molecule has 0 saturated carbocycles. The summed E-state index contributed by atoms with van der Waals surface area (Å²) >= 11 is 0. The van der Waals surface area contributed by atoms with E-state index in [1.165, 1.54) is 6.07 Å². The van der Waals surface area contributed by atoms with E-state index in [4.69, 9.17) is 18.9 Å². The number of fused-ring (bicyclic) bond motifs is 2. The molecule has 3 aromatic rings. The number of carbonyl (C=O) groups excluding carboxylic acids is 1. The van der Waals surface area contributed by atoms with Crippen molar-refractivity contribution in [2.24, 2.45) is 0 Å². The van der Waals surface area contributed by atoms with E-state index in [1.807, 2.05) is 6.07 Å². The van der Waals surface area contributed by atoms with Gasteiger partial charge in [0.05, 0.1) is 5.69 Å². The van der Waals surface area contributed by atoms with Crippen LogP contribution in [0.5, 0.6) is 23.0 Å². The molecule has 146 valence electrons. The molecule has 0 bridgehead atoms. The van der Waals surface area contributed by atoms with Gasteiger partial charge in [0.15, 0.2) is 23.0 Å². The standard InChI is InChI=1S/C20H15N3O6/c24-19(21-13-2-5-16-18(8-13)29-11-27-16)9-23-20(25)6-3-14(22-23)12-1-4-15-17(7-12)28-10-26-15/h1-8H,9-11H2,(H,21,24). The van der Waals surface area contributed by atoms with Crippen LogP contribution in [0.15, 0.2) is 53.3 Å². The summed E-state index contributed by atoms with van der Waals surface area (Å²) in [6.07, 6.45) is 0. The summed E-state index contributed by atoms with van der Waals surface area (Å²) in [5, 5.41) is 7.04. The van der Waals surface area contributed by atoms with Crippen molar-refractivity contribution in [3.63, 3.8) is 0 Å². The van der Waals surface area contributed by atoms with E-state index in [2.05, 4.69) is 10.4 Å². The molecule has 0 saturated heterocycles. The summed E-state index contributed by atoms with van der Waals surface area (Å²) in [7, 11) is 0. The zero-order valence-electron chi connectivity index (χ0n) is 15.1. The van der Waals surface area contributed by atoms with E-state index in [1.54, 1.807) is 36.4 Å². The van der Waals surface area contributed by atoms with Crippen molar-refractivity contribution in [1.29, 1.82) is 0 Å². The van der Waals surface area contributed by atoms with Crippen LogP contribution in [0.1, 0.15) is 0 Å². The molecule has 2 aliphatic heterocycles. The van der Waals surface area contributed by atoms with Crippen LogP contribution in [-0.4, -0.2) is 29.3 Å². The lowest BCUT2D eigenvalue weighted by Gasteiger charge is -2.09. The number of nitrogens with one attached hydrogen (secondary N) is 1. The molecule has 9 nitrogen and oxygen atoms in total. The second kappa shape index (κ2) is 6.86. The molecular weight excluding hydrogens is 378 g/mol. The Bertz CT molecular complexity index is 1170. The molecular formula is C20H15N3O6. The smallest absolute Gasteiger partial charge is 0.267 e. The fourth-order valence-electron chi connectivity index (χ4n) is 3.08. The van der Waals surface area contributed by atoms with E-state index in [0.717, 1.165) is 10.2 Å². The maximum Gasteiger partial charge on any atom is 0.267 e. The third kappa shape index (κ3) is 3.33. The maximum absolute atomic E-state index is 12.4. The maximum atomic E-state index is 12.4. The third-order valence-corrected chi connectivity index (χ3v) is 4.48. The molecule has 0 fully saturated rings. The van der Waals surface area contributed by atoms with Gasteiger partial charge in [-0.05, 0) is 36.4 Å². The van der Waals surface area contributed by atoms with Crippen molar-refractivity contribution in [2.45, 2.75) is 6.54 Å². The topological polar surface area (TPSA) is 101 Å². The molecule has 3 heterocycles. The van der Waals surface area contributed by atoms with Gasteiger partial charge in [-0.3, -0.25) is 9.59 Å². The van der Waals surface area contributed by atoms with Gasteiger partial charge in [0, 0.05) is 23.4 Å². The summed E-state index contributed by atoms with van der Waals surface area (Å²) in [4.78, 5) is 24.6. The molecule has 1 N–H and O–H groups in total. The molecule has 0 radical (unpaired) electrons. The van der Waals surface area contributed by atoms with Crippen LogP contribution in [0.4, 0.5) is 5.69 Å². The van der Waals surface area contributed by atoms with Crippen molar-refractivity contribution in [3.05, 3.63) is 58.9 Å². The monoisotopic (exact) mass is 393 g/mol. The molecule has 9 heteroatoms. The highest BCUT2D eigenvalue weighted by atomic mass is 16.7. The molecule has 0 aliphatic carbocycles. The first kappa shape index (κ1) is 17.1. The lowest BCUT2D eigenvalue weighted by atomic mass is 10.1. The number of hydrogen-bond donors (Lipinski definition) is 1. The number of carbonyl (C=O) groups is 1. The highest BCUT2D eigenvalue weighted by Crippen LogP contribution is 2.35. The van der Waals surface area contributed by atoms with Crippen LogP contribution < -0.4 is 29.8 Å². The van der Waals surface area contributed by atoms with E-state index in [9.17, 15) is 9.59 Å². The van der Waals surface area contributed by atoms with Crippen LogP contribution in [-0.2, 0) is 11.3 Å². The van der Waals surface area contributed by atoms with Gasteiger partial charge in [0.1, 0.15) is 6.54 Å². The molecule has 1 amide bonds. The molecule has 2 aliphatic rings. The van der Waals surface area contributed by atoms with E-state index < -0.39 is 0 Å². The molecule has 0 spiro atoms. The number of amides is 1.